The Bertz CT molecular complexity index is 555. The lowest BCUT2D eigenvalue weighted by atomic mass is 10.3. The van der Waals surface area contributed by atoms with Gasteiger partial charge in [0.25, 0.3) is 0 Å². The van der Waals surface area contributed by atoms with E-state index in [0.29, 0.717) is 21.5 Å². The zero-order valence-electron chi connectivity index (χ0n) is 9.19. The number of rotatable bonds is 2. The quantitative estimate of drug-likeness (QED) is 0.873. The summed E-state index contributed by atoms with van der Waals surface area (Å²) in [7, 11) is 0. The highest BCUT2D eigenvalue weighted by molar-refractivity contribution is 6.31. The van der Waals surface area contributed by atoms with Gasteiger partial charge in [0.15, 0.2) is 0 Å². The highest BCUT2D eigenvalue weighted by Crippen LogP contribution is 2.18. The molecule has 0 aliphatic rings. The average molecular weight is 282 g/mol. The monoisotopic (exact) mass is 281 g/mol. The second-order valence-electron chi connectivity index (χ2n) is 3.48. The van der Waals surface area contributed by atoms with Gasteiger partial charge in [-0.05, 0) is 42.5 Å². The second-order valence-corrected chi connectivity index (χ2v) is 4.35. The molecule has 0 bridgehead atoms. The number of benzene rings is 2. The van der Waals surface area contributed by atoms with Gasteiger partial charge < -0.3 is 4.74 Å². The Morgan fingerprint density at radius 2 is 1.72 bits per heavy atom. The third-order valence-electron chi connectivity index (χ3n) is 2.10. The molecule has 18 heavy (non-hydrogen) atoms. The first-order chi connectivity index (χ1) is 8.63. The number of carbonyl (C=O) groups is 1. The lowest BCUT2D eigenvalue weighted by Gasteiger charge is -2.06. The highest BCUT2D eigenvalue weighted by Gasteiger charge is 2.05. The van der Waals surface area contributed by atoms with Crippen molar-refractivity contribution in [2.24, 2.45) is 0 Å². The van der Waals surface area contributed by atoms with Gasteiger partial charge in [-0.1, -0.05) is 29.3 Å². The highest BCUT2D eigenvalue weighted by atomic mass is 35.5. The molecular formula is C13H9Cl2NO2. The largest absolute Gasteiger partial charge is 0.417 e. The Morgan fingerprint density at radius 3 is 2.39 bits per heavy atom. The van der Waals surface area contributed by atoms with Crippen molar-refractivity contribution in [3.05, 3.63) is 58.6 Å². The predicted molar refractivity (Wildman–Crippen MR) is 72.6 cm³/mol. The van der Waals surface area contributed by atoms with E-state index in [2.05, 4.69) is 5.32 Å². The first kappa shape index (κ1) is 12.7. The fraction of sp³-hybridized carbons (Fsp3) is 0. The lowest BCUT2D eigenvalue weighted by molar-refractivity contribution is 0.215. The van der Waals surface area contributed by atoms with Crippen LogP contribution in [0.4, 0.5) is 10.5 Å². The molecular weight excluding hydrogens is 273 g/mol. The molecule has 0 fully saturated rings. The van der Waals surface area contributed by atoms with Gasteiger partial charge in [0.05, 0.1) is 0 Å². The Balaban J connectivity index is 1.98. The number of anilines is 1. The molecule has 0 saturated carbocycles. The van der Waals surface area contributed by atoms with Crippen LogP contribution in [0.2, 0.25) is 10.0 Å². The summed E-state index contributed by atoms with van der Waals surface area (Å²) in [5.41, 5.74) is 0.603. The molecule has 0 unspecified atom stereocenters. The molecule has 0 radical (unpaired) electrons. The van der Waals surface area contributed by atoms with Crippen LogP contribution in [0.3, 0.4) is 0 Å². The minimum absolute atomic E-state index is 0.383. The van der Waals surface area contributed by atoms with Crippen LogP contribution in [0.25, 0.3) is 0 Å². The zero-order chi connectivity index (χ0) is 13.0. The zero-order valence-corrected chi connectivity index (χ0v) is 10.7. The van der Waals surface area contributed by atoms with E-state index in [4.69, 9.17) is 27.9 Å². The maximum Gasteiger partial charge on any atom is 0.417 e. The second kappa shape index (κ2) is 5.76. The van der Waals surface area contributed by atoms with Crippen molar-refractivity contribution in [1.29, 1.82) is 0 Å². The van der Waals surface area contributed by atoms with Gasteiger partial charge in [-0.15, -0.1) is 0 Å². The van der Waals surface area contributed by atoms with Crippen LogP contribution < -0.4 is 10.1 Å². The number of amides is 1. The summed E-state index contributed by atoms with van der Waals surface area (Å²) in [6, 6.07) is 13.3. The number of nitrogens with one attached hydrogen (secondary N) is 1. The molecule has 5 heteroatoms. The molecule has 2 aromatic carbocycles. The standard InChI is InChI=1S/C13H9Cl2NO2/c14-9-4-6-11(7-5-9)16-13(17)18-12-3-1-2-10(15)8-12/h1-8H,(H,16,17). The number of halogens is 2. The maximum absolute atomic E-state index is 11.6. The summed E-state index contributed by atoms with van der Waals surface area (Å²) >= 11 is 11.5. The maximum atomic E-state index is 11.6. The van der Waals surface area contributed by atoms with Crippen molar-refractivity contribution in [2.75, 3.05) is 5.32 Å². The van der Waals surface area contributed by atoms with E-state index in [1.54, 1.807) is 48.5 Å². The SMILES string of the molecule is O=C(Nc1ccc(Cl)cc1)Oc1cccc(Cl)c1. The van der Waals surface area contributed by atoms with Gasteiger partial charge in [0.1, 0.15) is 5.75 Å². The molecule has 0 heterocycles. The fourth-order valence-corrected chi connectivity index (χ4v) is 1.62. The van der Waals surface area contributed by atoms with Crippen LogP contribution in [0.5, 0.6) is 5.75 Å². The van der Waals surface area contributed by atoms with Gasteiger partial charge in [-0.3, -0.25) is 5.32 Å². The van der Waals surface area contributed by atoms with Crippen molar-refractivity contribution >= 4 is 35.0 Å². The molecule has 92 valence electrons. The van der Waals surface area contributed by atoms with Gasteiger partial charge in [0, 0.05) is 15.7 Å². The number of hydrogen-bond donors (Lipinski definition) is 1. The molecule has 2 aromatic rings. The van der Waals surface area contributed by atoms with E-state index in [0.717, 1.165) is 0 Å². The Kier molecular flexibility index (Phi) is 4.07. The number of carbonyl (C=O) groups excluding carboxylic acids is 1. The van der Waals surface area contributed by atoms with E-state index >= 15 is 0 Å². The number of ether oxygens (including phenoxy) is 1. The summed E-state index contributed by atoms with van der Waals surface area (Å²) in [5, 5.41) is 3.68. The summed E-state index contributed by atoms with van der Waals surface area (Å²) in [6.07, 6.45) is -0.584. The van der Waals surface area contributed by atoms with Crippen molar-refractivity contribution in [3.8, 4) is 5.75 Å². The molecule has 0 aromatic heterocycles. The lowest BCUT2D eigenvalue weighted by Crippen LogP contribution is -2.16. The molecule has 0 saturated heterocycles. The van der Waals surface area contributed by atoms with Crippen molar-refractivity contribution in [1.82, 2.24) is 0 Å². The molecule has 0 aliphatic carbocycles. The molecule has 1 amide bonds. The van der Waals surface area contributed by atoms with Crippen LogP contribution in [0, 0.1) is 0 Å². The number of hydrogen-bond acceptors (Lipinski definition) is 2. The van der Waals surface area contributed by atoms with Gasteiger partial charge in [-0.2, -0.15) is 0 Å². The van der Waals surface area contributed by atoms with Crippen LogP contribution >= 0.6 is 23.2 Å². The van der Waals surface area contributed by atoms with Crippen LogP contribution in [0.1, 0.15) is 0 Å². The Hall–Kier alpha value is -1.71. The van der Waals surface area contributed by atoms with E-state index in [1.165, 1.54) is 0 Å². The van der Waals surface area contributed by atoms with Crippen LogP contribution in [-0.4, -0.2) is 6.09 Å². The van der Waals surface area contributed by atoms with E-state index in [-0.39, 0.29) is 0 Å². The van der Waals surface area contributed by atoms with E-state index in [1.807, 2.05) is 0 Å². The minimum atomic E-state index is -0.584. The van der Waals surface area contributed by atoms with E-state index in [9.17, 15) is 4.79 Å². The predicted octanol–water partition coefficient (Wildman–Crippen LogP) is 4.60. The van der Waals surface area contributed by atoms with Crippen LogP contribution in [0.15, 0.2) is 48.5 Å². The van der Waals surface area contributed by atoms with Crippen LogP contribution in [-0.2, 0) is 0 Å². The Morgan fingerprint density at radius 1 is 1.00 bits per heavy atom. The fourth-order valence-electron chi connectivity index (χ4n) is 1.31. The molecule has 3 nitrogen and oxygen atoms in total. The normalized spacial score (nSPS) is 9.89. The first-order valence-corrected chi connectivity index (χ1v) is 5.89. The Labute approximate surface area is 114 Å². The van der Waals surface area contributed by atoms with Crippen molar-refractivity contribution < 1.29 is 9.53 Å². The summed E-state index contributed by atoms with van der Waals surface area (Å²) in [5.74, 6) is 0.383. The topological polar surface area (TPSA) is 38.3 Å². The third kappa shape index (κ3) is 3.65. The first-order valence-electron chi connectivity index (χ1n) is 5.13. The molecule has 2 rings (SSSR count). The molecule has 0 aliphatic heterocycles. The summed E-state index contributed by atoms with van der Waals surface area (Å²) < 4.78 is 5.06. The molecule has 0 spiro atoms. The molecule has 1 N–H and O–H groups in total. The van der Waals surface area contributed by atoms with Gasteiger partial charge in [0.2, 0.25) is 0 Å². The average Bonchev–Trinajstić information content (AvgIpc) is 2.32. The smallest absolute Gasteiger partial charge is 0.410 e. The van der Waals surface area contributed by atoms with Gasteiger partial charge >= 0.3 is 6.09 Å². The van der Waals surface area contributed by atoms with Gasteiger partial charge in [-0.25, -0.2) is 4.79 Å². The third-order valence-corrected chi connectivity index (χ3v) is 2.58. The van der Waals surface area contributed by atoms with E-state index < -0.39 is 6.09 Å². The minimum Gasteiger partial charge on any atom is -0.410 e. The summed E-state index contributed by atoms with van der Waals surface area (Å²) in [4.78, 5) is 11.6. The van der Waals surface area contributed by atoms with Crippen molar-refractivity contribution in [3.63, 3.8) is 0 Å². The van der Waals surface area contributed by atoms with Crippen molar-refractivity contribution in [2.45, 2.75) is 0 Å². The molecule has 0 atom stereocenters. The summed E-state index contributed by atoms with van der Waals surface area (Å²) in [6.45, 7) is 0.